The second kappa shape index (κ2) is 9.45. The minimum Gasteiger partial charge on any atom is -0.261 e. The van der Waals surface area contributed by atoms with Crippen molar-refractivity contribution in [2.75, 3.05) is 0 Å². The molecule has 0 amide bonds. The second-order valence-corrected chi connectivity index (χ2v) is 7.14. The average molecular weight is 362 g/mol. The Morgan fingerprint density at radius 1 is 0.741 bits per heavy atom. The maximum atomic E-state index is 14.8. The van der Waals surface area contributed by atoms with Gasteiger partial charge in [0.1, 0.15) is 5.82 Å². The Kier molecular flexibility index (Phi) is 6.75. The summed E-state index contributed by atoms with van der Waals surface area (Å²) in [7, 11) is 0. The van der Waals surface area contributed by atoms with E-state index in [1.165, 1.54) is 24.8 Å². The van der Waals surface area contributed by atoms with Crippen LogP contribution in [0.15, 0.2) is 60.8 Å². The molecular weight excluding hydrogens is 333 g/mol. The van der Waals surface area contributed by atoms with Crippen LogP contribution in [0.3, 0.4) is 0 Å². The summed E-state index contributed by atoms with van der Waals surface area (Å²) in [6, 6.07) is 17.8. The SMILES string of the molecule is CCCCCc1ccc(-c2ccc(-c3ccc(CCC)nc3)cc2F)cc1. The molecule has 0 saturated heterocycles. The van der Waals surface area contributed by atoms with Gasteiger partial charge in [-0.2, -0.15) is 0 Å². The summed E-state index contributed by atoms with van der Waals surface area (Å²) < 4.78 is 14.8. The van der Waals surface area contributed by atoms with Crippen LogP contribution >= 0.6 is 0 Å². The fourth-order valence-corrected chi connectivity index (χ4v) is 3.36. The lowest BCUT2D eigenvalue weighted by Crippen LogP contribution is -1.91. The van der Waals surface area contributed by atoms with Gasteiger partial charge in [0, 0.05) is 23.0 Å². The summed E-state index contributed by atoms with van der Waals surface area (Å²) in [5.41, 5.74) is 5.79. The zero-order valence-corrected chi connectivity index (χ0v) is 16.3. The minimum absolute atomic E-state index is 0.191. The molecule has 0 unspecified atom stereocenters. The number of pyridine rings is 1. The van der Waals surface area contributed by atoms with Gasteiger partial charge in [-0.1, -0.05) is 75.6 Å². The highest BCUT2D eigenvalue weighted by atomic mass is 19.1. The van der Waals surface area contributed by atoms with Gasteiger partial charge in [-0.25, -0.2) is 4.39 Å². The summed E-state index contributed by atoms with van der Waals surface area (Å²) >= 11 is 0. The average Bonchev–Trinajstić information content (AvgIpc) is 2.70. The summed E-state index contributed by atoms with van der Waals surface area (Å²) in [5, 5.41) is 0. The van der Waals surface area contributed by atoms with Crippen molar-refractivity contribution in [3.63, 3.8) is 0 Å². The number of benzene rings is 2. The van der Waals surface area contributed by atoms with Crippen LogP contribution in [0.1, 0.15) is 50.8 Å². The molecule has 2 heteroatoms. The number of rotatable bonds is 8. The highest BCUT2D eigenvalue weighted by Crippen LogP contribution is 2.28. The van der Waals surface area contributed by atoms with Crippen LogP contribution in [-0.4, -0.2) is 4.98 Å². The van der Waals surface area contributed by atoms with Gasteiger partial charge in [0.15, 0.2) is 0 Å². The first-order chi connectivity index (χ1) is 13.2. The molecule has 0 atom stereocenters. The van der Waals surface area contributed by atoms with Crippen LogP contribution in [-0.2, 0) is 12.8 Å². The molecule has 0 N–H and O–H groups in total. The monoisotopic (exact) mass is 361 g/mol. The molecule has 3 aromatic rings. The van der Waals surface area contributed by atoms with Gasteiger partial charge < -0.3 is 0 Å². The topological polar surface area (TPSA) is 12.9 Å². The number of nitrogens with zero attached hydrogens (tertiary/aromatic N) is 1. The molecule has 0 aliphatic carbocycles. The second-order valence-electron chi connectivity index (χ2n) is 7.14. The molecule has 1 nitrogen and oxygen atoms in total. The molecule has 1 aromatic heterocycles. The van der Waals surface area contributed by atoms with E-state index in [0.29, 0.717) is 5.56 Å². The first kappa shape index (κ1) is 19.3. The van der Waals surface area contributed by atoms with Crippen molar-refractivity contribution >= 4 is 0 Å². The zero-order chi connectivity index (χ0) is 19.1. The fraction of sp³-hybridized carbons (Fsp3) is 0.320. The van der Waals surface area contributed by atoms with Gasteiger partial charge in [-0.3, -0.25) is 4.98 Å². The van der Waals surface area contributed by atoms with Gasteiger partial charge in [0.25, 0.3) is 0 Å². The third-order valence-electron chi connectivity index (χ3n) is 4.97. The Morgan fingerprint density at radius 2 is 1.48 bits per heavy atom. The molecule has 27 heavy (non-hydrogen) atoms. The Morgan fingerprint density at radius 3 is 2.11 bits per heavy atom. The third-order valence-corrected chi connectivity index (χ3v) is 4.97. The molecule has 0 aliphatic rings. The molecular formula is C25H28FN. The maximum Gasteiger partial charge on any atom is 0.131 e. The standard InChI is InChI=1S/C25H28FN/c1-3-5-6-8-19-9-11-20(12-10-19)24-16-14-21(17-25(24)26)22-13-15-23(7-4-2)27-18-22/h9-18H,3-8H2,1-2H3. The van der Waals surface area contributed by atoms with Crippen LogP contribution in [0.4, 0.5) is 4.39 Å². The number of unbranched alkanes of at least 4 members (excludes halogenated alkanes) is 2. The molecule has 140 valence electrons. The number of hydrogen-bond donors (Lipinski definition) is 0. The van der Waals surface area contributed by atoms with Crippen LogP contribution in [0, 0.1) is 5.82 Å². The van der Waals surface area contributed by atoms with Gasteiger partial charge in [-0.15, -0.1) is 0 Å². The predicted molar refractivity (Wildman–Crippen MR) is 112 cm³/mol. The van der Waals surface area contributed by atoms with Crippen molar-refractivity contribution in [3.05, 3.63) is 77.9 Å². The van der Waals surface area contributed by atoms with Crippen molar-refractivity contribution in [3.8, 4) is 22.3 Å². The summed E-state index contributed by atoms with van der Waals surface area (Å²) in [4.78, 5) is 4.47. The quantitative estimate of drug-likeness (QED) is 0.385. The lowest BCUT2D eigenvalue weighted by atomic mass is 9.98. The van der Waals surface area contributed by atoms with E-state index in [9.17, 15) is 4.39 Å². The van der Waals surface area contributed by atoms with Gasteiger partial charge in [-0.05, 0) is 48.1 Å². The Labute approximate surface area is 162 Å². The van der Waals surface area contributed by atoms with E-state index in [0.717, 1.165) is 41.6 Å². The first-order valence-electron chi connectivity index (χ1n) is 10.1. The molecule has 0 bridgehead atoms. The fourth-order valence-electron chi connectivity index (χ4n) is 3.36. The van der Waals surface area contributed by atoms with E-state index in [1.54, 1.807) is 6.07 Å². The number of hydrogen-bond acceptors (Lipinski definition) is 1. The molecule has 2 aromatic carbocycles. The van der Waals surface area contributed by atoms with E-state index >= 15 is 0 Å². The van der Waals surface area contributed by atoms with E-state index in [2.05, 4.69) is 31.0 Å². The van der Waals surface area contributed by atoms with Crippen LogP contribution in [0.5, 0.6) is 0 Å². The lowest BCUT2D eigenvalue weighted by Gasteiger charge is -2.09. The summed E-state index contributed by atoms with van der Waals surface area (Å²) in [6.45, 7) is 4.35. The van der Waals surface area contributed by atoms with Crippen molar-refractivity contribution in [2.24, 2.45) is 0 Å². The van der Waals surface area contributed by atoms with E-state index in [1.807, 2.05) is 42.6 Å². The van der Waals surface area contributed by atoms with Crippen LogP contribution in [0.2, 0.25) is 0 Å². The predicted octanol–water partition coefficient (Wildman–Crippen LogP) is 7.24. The third kappa shape index (κ3) is 5.03. The van der Waals surface area contributed by atoms with Crippen LogP contribution in [0.25, 0.3) is 22.3 Å². The molecule has 0 aliphatic heterocycles. The van der Waals surface area contributed by atoms with E-state index in [4.69, 9.17) is 0 Å². The maximum absolute atomic E-state index is 14.8. The van der Waals surface area contributed by atoms with Gasteiger partial charge in [0.05, 0.1) is 0 Å². The Hall–Kier alpha value is -2.48. The van der Waals surface area contributed by atoms with Crippen molar-refractivity contribution in [1.82, 2.24) is 4.98 Å². The molecule has 1 heterocycles. The van der Waals surface area contributed by atoms with E-state index in [-0.39, 0.29) is 5.82 Å². The molecule has 0 spiro atoms. The largest absolute Gasteiger partial charge is 0.261 e. The molecule has 0 saturated carbocycles. The highest BCUT2D eigenvalue weighted by molar-refractivity contribution is 5.70. The number of aromatic nitrogens is 1. The van der Waals surface area contributed by atoms with Gasteiger partial charge in [0.2, 0.25) is 0 Å². The molecule has 0 radical (unpaired) electrons. The minimum atomic E-state index is -0.191. The molecule has 0 fully saturated rings. The van der Waals surface area contributed by atoms with Crippen LogP contribution < -0.4 is 0 Å². The van der Waals surface area contributed by atoms with Crippen molar-refractivity contribution < 1.29 is 4.39 Å². The Balaban J connectivity index is 1.76. The zero-order valence-electron chi connectivity index (χ0n) is 16.3. The number of halogens is 1. The highest BCUT2D eigenvalue weighted by Gasteiger charge is 2.08. The van der Waals surface area contributed by atoms with E-state index < -0.39 is 0 Å². The summed E-state index contributed by atoms with van der Waals surface area (Å²) in [6.07, 6.45) is 8.68. The summed E-state index contributed by atoms with van der Waals surface area (Å²) in [5.74, 6) is -0.191. The lowest BCUT2D eigenvalue weighted by molar-refractivity contribution is 0.632. The molecule has 3 rings (SSSR count). The smallest absolute Gasteiger partial charge is 0.131 e. The van der Waals surface area contributed by atoms with Crippen molar-refractivity contribution in [2.45, 2.75) is 52.4 Å². The Bertz CT molecular complexity index is 850. The van der Waals surface area contributed by atoms with Gasteiger partial charge >= 0.3 is 0 Å². The van der Waals surface area contributed by atoms with Crippen molar-refractivity contribution in [1.29, 1.82) is 0 Å². The normalized spacial score (nSPS) is 10.9. The first-order valence-corrected chi connectivity index (χ1v) is 10.1. The number of aryl methyl sites for hydroxylation is 2.